The number of allylic oxidation sites excluding steroid dienone is 1. The van der Waals surface area contributed by atoms with Gasteiger partial charge in [0.25, 0.3) is 0 Å². The molecule has 28 heavy (non-hydrogen) atoms. The minimum atomic E-state index is -0.911. The number of anilines is 1. The van der Waals surface area contributed by atoms with E-state index in [1.54, 1.807) is 42.5 Å². The first-order valence-corrected chi connectivity index (χ1v) is 8.35. The maximum Gasteiger partial charge on any atom is 0.351 e. The standard InChI is InChI=1S/C21H17NO6/c1-27-12-18(24)22-14-6-4-5-13(11-14)9-10-16(23)19-20(25)15-7-2-3-8-17(15)28-21(19)26/h2-11,25H,12H2,1H3,(H,22,24). The molecule has 1 aromatic heterocycles. The van der Waals surface area contributed by atoms with Crippen molar-refractivity contribution in [2.45, 2.75) is 0 Å². The fourth-order valence-corrected chi connectivity index (χ4v) is 2.65. The monoisotopic (exact) mass is 379 g/mol. The molecule has 0 atom stereocenters. The average molecular weight is 379 g/mol. The van der Waals surface area contributed by atoms with Crippen LogP contribution in [0.1, 0.15) is 15.9 Å². The van der Waals surface area contributed by atoms with E-state index in [0.717, 1.165) is 6.08 Å². The topological polar surface area (TPSA) is 106 Å². The number of nitrogens with one attached hydrogen (secondary N) is 1. The molecule has 0 aliphatic carbocycles. The Morgan fingerprint density at radius 3 is 2.75 bits per heavy atom. The van der Waals surface area contributed by atoms with Crippen LogP contribution >= 0.6 is 0 Å². The van der Waals surface area contributed by atoms with Crippen LogP contribution in [0.15, 0.2) is 63.8 Å². The zero-order chi connectivity index (χ0) is 20.1. The van der Waals surface area contributed by atoms with Gasteiger partial charge >= 0.3 is 5.63 Å². The molecule has 0 spiro atoms. The molecule has 3 rings (SSSR count). The van der Waals surface area contributed by atoms with Crippen molar-refractivity contribution in [2.75, 3.05) is 19.0 Å². The minimum absolute atomic E-state index is 0.0738. The molecule has 0 bridgehead atoms. The van der Waals surface area contributed by atoms with Gasteiger partial charge in [-0.05, 0) is 35.9 Å². The summed E-state index contributed by atoms with van der Waals surface area (Å²) >= 11 is 0. The van der Waals surface area contributed by atoms with E-state index in [-0.39, 0.29) is 23.5 Å². The number of carbonyl (C=O) groups is 2. The second-order valence-corrected chi connectivity index (χ2v) is 5.91. The fourth-order valence-electron chi connectivity index (χ4n) is 2.65. The molecule has 2 N–H and O–H groups in total. The predicted molar refractivity (Wildman–Crippen MR) is 104 cm³/mol. The van der Waals surface area contributed by atoms with Crippen molar-refractivity contribution < 1.29 is 23.8 Å². The van der Waals surface area contributed by atoms with Gasteiger partial charge in [-0.3, -0.25) is 9.59 Å². The third kappa shape index (κ3) is 4.16. The Bertz CT molecular complexity index is 1130. The Balaban J connectivity index is 1.86. The summed E-state index contributed by atoms with van der Waals surface area (Å²) in [6.07, 6.45) is 2.64. The van der Waals surface area contributed by atoms with E-state index in [0.29, 0.717) is 11.3 Å². The molecule has 0 radical (unpaired) electrons. The Morgan fingerprint density at radius 2 is 1.96 bits per heavy atom. The molecule has 142 valence electrons. The number of ketones is 1. The lowest BCUT2D eigenvalue weighted by Crippen LogP contribution is -2.17. The van der Waals surface area contributed by atoms with Crippen molar-refractivity contribution in [3.63, 3.8) is 0 Å². The highest BCUT2D eigenvalue weighted by Gasteiger charge is 2.18. The van der Waals surface area contributed by atoms with Gasteiger partial charge in [-0.1, -0.05) is 30.3 Å². The maximum absolute atomic E-state index is 12.5. The van der Waals surface area contributed by atoms with Crippen LogP contribution in [0, 0.1) is 0 Å². The van der Waals surface area contributed by atoms with Gasteiger partial charge in [-0.15, -0.1) is 0 Å². The first-order chi connectivity index (χ1) is 13.5. The molecule has 7 nitrogen and oxygen atoms in total. The number of hydrogen-bond donors (Lipinski definition) is 2. The number of carbonyl (C=O) groups excluding carboxylic acids is 2. The van der Waals surface area contributed by atoms with Crippen LogP contribution in [0.5, 0.6) is 5.75 Å². The van der Waals surface area contributed by atoms with E-state index in [1.165, 1.54) is 19.3 Å². The minimum Gasteiger partial charge on any atom is -0.506 e. The van der Waals surface area contributed by atoms with E-state index < -0.39 is 22.7 Å². The highest BCUT2D eigenvalue weighted by Crippen LogP contribution is 2.26. The Hall–Kier alpha value is -3.71. The lowest BCUT2D eigenvalue weighted by molar-refractivity contribution is -0.119. The van der Waals surface area contributed by atoms with Crippen LogP contribution in [0.4, 0.5) is 5.69 Å². The molecule has 0 fully saturated rings. The summed E-state index contributed by atoms with van der Waals surface area (Å²) in [7, 11) is 1.42. The average Bonchev–Trinajstić information content (AvgIpc) is 2.67. The maximum atomic E-state index is 12.5. The van der Waals surface area contributed by atoms with Gasteiger partial charge in [0.15, 0.2) is 5.78 Å². The third-order valence-electron chi connectivity index (χ3n) is 3.91. The zero-order valence-electron chi connectivity index (χ0n) is 15.0. The molecule has 0 saturated heterocycles. The van der Waals surface area contributed by atoms with Gasteiger partial charge in [0.2, 0.25) is 5.91 Å². The van der Waals surface area contributed by atoms with Crippen molar-refractivity contribution in [2.24, 2.45) is 0 Å². The van der Waals surface area contributed by atoms with Crippen LogP contribution in [0.3, 0.4) is 0 Å². The van der Waals surface area contributed by atoms with E-state index in [2.05, 4.69) is 5.32 Å². The molecule has 1 heterocycles. The summed E-state index contributed by atoms with van der Waals surface area (Å²) in [5, 5.41) is 13.3. The molecule has 0 aliphatic heterocycles. The number of benzene rings is 2. The number of methoxy groups -OCH3 is 1. The van der Waals surface area contributed by atoms with Gasteiger partial charge in [-0.2, -0.15) is 0 Å². The fraction of sp³-hybridized carbons (Fsp3) is 0.0952. The number of ether oxygens (including phenoxy) is 1. The summed E-state index contributed by atoms with van der Waals surface area (Å²) in [5.74, 6) is -1.41. The van der Waals surface area contributed by atoms with Crippen LogP contribution < -0.4 is 10.9 Å². The summed E-state index contributed by atoms with van der Waals surface area (Å²) in [6, 6.07) is 13.2. The highest BCUT2D eigenvalue weighted by molar-refractivity contribution is 6.10. The van der Waals surface area contributed by atoms with Gasteiger partial charge < -0.3 is 19.6 Å². The number of hydrogen-bond acceptors (Lipinski definition) is 6. The van der Waals surface area contributed by atoms with Gasteiger partial charge in [0.05, 0.1) is 5.39 Å². The van der Waals surface area contributed by atoms with Crippen LogP contribution in [0.2, 0.25) is 0 Å². The normalized spacial score (nSPS) is 11.0. The number of amides is 1. The summed E-state index contributed by atoms with van der Waals surface area (Å²) in [5.41, 5.74) is 0.00825. The SMILES string of the molecule is COCC(=O)Nc1cccc(C=CC(=O)c2c(O)c3ccccc3oc2=O)c1. The van der Waals surface area contributed by atoms with Crippen LogP contribution in [0.25, 0.3) is 17.0 Å². The second-order valence-electron chi connectivity index (χ2n) is 5.91. The predicted octanol–water partition coefficient (Wildman–Crippen LogP) is 2.98. The smallest absolute Gasteiger partial charge is 0.351 e. The molecule has 1 amide bonds. The van der Waals surface area contributed by atoms with E-state index >= 15 is 0 Å². The summed E-state index contributed by atoms with van der Waals surface area (Å²) in [6.45, 7) is -0.0738. The molecule has 3 aromatic rings. The third-order valence-corrected chi connectivity index (χ3v) is 3.91. The first kappa shape index (κ1) is 19.1. The molecule has 0 aliphatic rings. The van der Waals surface area contributed by atoms with E-state index in [4.69, 9.17) is 9.15 Å². The van der Waals surface area contributed by atoms with Gasteiger partial charge in [0, 0.05) is 12.8 Å². The lowest BCUT2D eigenvalue weighted by atomic mass is 10.1. The zero-order valence-corrected chi connectivity index (χ0v) is 15.0. The molecular weight excluding hydrogens is 362 g/mol. The summed E-state index contributed by atoms with van der Waals surface area (Å²) in [4.78, 5) is 36.1. The van der Waals surface area contributed by atoms with Crippen molar-refractivity contribution in [3.8, 4) is 5.75 Å². The van der Waals surface area contributed by atoms with Crippen LogP contribution in [-0.2, 0) is 9.53 Å². The summed E-state index contributed by atoms with van der Waals surface area (Å²) < 4.78 is 9.86. The highest BCUT2D eigenvalue weighted by atomic mass is 16.5. The Kier molecular flexibility index (Phi) is 5.67. The quantitative estimate of drug-likeness (QED) is 0.387. The van der Waals surface area contributed by atoms with Crippen molar-refractivity contribution in [1.29, 1.82) is 0 Å². The number of aromatic hydroxyl groups is 1. The number of rotatable bonds is 6. The lowest BCUT2D eigenvalue weighted by Gasteiger charge is -2.05. The molecular formula is C21H17NO6. The van der Waals surface area contributed by atoms with Crippen molar-refractivity contribution in [3.05, 3.63) is 76.2 Å². The van der Waals surface area contributed by atoms with E-state index in [1.807, 2.05) is 0 Å². The number of fused-ring (bicyclic) bond motifs is 1. The molecule has 0 unspecified atom stereocenters. The Labute approximate surface area is 159 Å². The second kappa shape index (κ2) is 8.32. The van der Waals surface area contributed by atoms with Gasteiger partial charge in [-0.25, -0.2) is 4.79 Å². The van der Waals surface area contributed by atoms with Gasteiger partial charge in [0.1, 0.15) is 23.5 Å². The largest absolute Gasteiger partial charge is 0.506 e. The van der Waals surface area contributed by atoms with Crippen molar-refractivity contribution >= 4 is 34.4 Å². The molecule has 0 saturated carbocycles. The molecule has 2 aromatic carbocycles. The van der Waals surface area contributed by atoms with Crippen molar-refractivity contribution in [1.82, 2.24) is 0 Å². The van der Waals surface area contributed by atoms with E-state index in [9.17, 15) is 19.5 Å². The van der Waals surface area contributed by atoms with Crippen LogP contribution in [-0.4, -0.2) is 30.5 Å². The molecule has 7 heteroatoms. The first-order valence-electron chi connectivity index (χ1n) is 8.35. The number of para-hydroxylation sites is 1. The Morgan fingerprint density at radius 1 is 1.18 bits per heavy atom.